The number of halogens is 1. The highest BCUT2D eigenvalue weighted by atomic mass is 35.5. The van der Waals surface area contributed by atoms with Gasteiger partial charge in [-0.3, -0.25) is 4.79 Å². The molecule has 0 aliphatic carbocycles. The Morgan fingerprint density at radius 2 is 1.50 bits per heavy atom. The minimum Gasteiger partial charge on any atom is -0.340 e. The van der Waals surface area contributed by atoms with Gasteiger partial charge in [-0.15, -0.1) is 11.6 Å². The minimum atomic E-state index is -0.258. The summed E-state index contributed by atoms with van der Waals surface area (Å²) in [6.07, 6.45) is 0. The number of ketones is 1. The summed E-state index contributed by atoms with van der Waals surface area (Å²) in [5, 5.41) is 8.99. The Morgan fingerprint density at radius 1 is 1.10 bits per heavy atom. The second-order valence-electron chi connectivity index (χ2n) is 7.04. The summed E-state index contributed by atoms with van der Waals surface area (Å²) in [4.78, 5) is 16.7. The van der Waals surface area contributed by atoms with Crippen molar-refractivity contribution < 1.29 is 14.9 Å². The fourth-order valence-electron chi connectivity index (χ4n) is 2.22. The smallest absolute Gasteiger partial charge is 0.178 e. The average Bonchev–Trinajstić information content (AvgIpc) is 2.34. The first kappa shape index (κ1) is 17.0. The molecule has 1 aromatic rings. The van der Waals surface area contributed by atoms with Crippen molar-refractivity contribution in [2.75, 3.05) is 5.88 Å². The molecule has 20 heavy (non-hydrogen) atoms. The Labute approximate surface area is 125 Å². The van der Waals surface area contributed by atoms with Crippen molar-refractivity contribution in [3.05, 3.63) is 28.8 Å². The van der Waals surface area contributed by atoms with Crippen LogP contribution in [0.4, 0.5) is 0 Å². The normalized spacial score (nSPS) is 12.4. The summed E-state index contributed by atoms with van der Waals surface area (Å²) in [6, 6.07) is 3.41. The van der Waals surface area contributed by atoms with Crippen molar-refractivity contribution in [2.24, 2.45) is 0 Å². The molecule has 4 heteroatoms. The third kappa shape index (κ3) is 3.53. The fraction of sp³-hybridized carbons (Fsp3) is 0.562. The molecule has 3 nitrogen and oxygen atoms in total. The molecule has 0 amide bonds. The Bertz CT molecular complexity index is 472. The van der Waals surface area contributed by atoms with E-state index in [1.807, 2.05) is 41.5 Å². The molecule has 0 aliphatic heterocycles. The van der Waals surface area contributed by atoms with Gasteiger partial charge in [0.15, 0.2) is 11.5 Å². The molecule has 0 atom stereocenters. The Hall–Kier alpha value is -1.06. The van der Waals surface area contributed by atoms with Crippen LogP contribution in [0.5, 0.6) is 5.75 Å². The van der Waals surface area contributed by atoms with Crippen LogP contribution in [0.15, 0.2) is 12.1 Å². The lowest BCUT2D eigenvalue weighted by molar-refractivity contribution is -0.137. The van der Waals surface area contributed by atoms with E-state index in [2.05, 4.69) is 4.89 Å². The maximum atomic E-state index is 12.3. The molecule has 0 unspecified atom stereocenters. The lowest BCUT2D eigenvalue weighted by atomic mass is 9.75. The lowest BCUT2D eigenvalue weighted by Gasteiger charge is -2.29. The van der Waals surface area contributed by atoms with Crippen LogP contribution in [0.3, 0.4) is 0 Å². The quantitative estimate of drug-likeness (QED) is 0.385. The summed E-state index contributed by atoms with van der Waals surface area (Å²) in [5.41, 5.74) is 1.79. The summed E-state index contributed by atoms with van der Waals surface area (Å²) in [7, 11) is 0. The van der Waals surface area contributed by atoms with Gasteiger partial charge in [0.25, 0.3) is 0 Å². The van der Waals surface area contributed by atoms with Crippen LogP contribution in [0.25, 0.3) is 0 Å². The zero-order chi connectivity index (χ0) is 15.7. The standard InChI is InChI=1S/C16H23ClO3/c1-15(2,3)11-7-10(20-19)8-12(16(4,5)6)14(11)13(18)9-17/h7-8,19H,9H2,1-6H3. The number of hydrogen-bond acceptors (Lipinski definition) is 3. The third-order valence-corrected chi connectivity index (χ3v) is 3.48. The summed E-state index contributed by atoms with van der Waals surface area (Å²) in [5.74, 6) is 0.169. The van der Waals surface area contributed by atoms with Gasteiger partial charge in [0, 0.05) is 5.56 Å². The van der Waals surface area contributed by atoms with Crippen LogP contribution in [0, 0.1) is 0 Å². The largest absolute Gasteiger partial charge is 0.340 e. The molecule has 1 aromatic carbocycles. The zero-order valence-corrected chi connectivity index (χ0v) is 13.8. The lowest BCUT2D eigenvalue weighted by Crippen LogP contribution is -2.24. The van der Waals surface area contributed by atoms with Crippen LogP contribution >= 0.6 is 11.6 Å². The zero-order valence-electron chi connectivity index (χ0n) is 13.0. The van der Waals surface area contributed by atoms with Gasteiger partial charge >= 0.3 is 0 Å². The molecule has 0 saturated heterocycles. The summed E-state index contributed by atoms with van der Waals surface area (Å²) >= 11 is 5.77. The number of Topliss-reactive ketones (excluding diaryl/α,β-unsaturated/α-hetero) is 1. The van der Waals surface area contributed by atoms with E-state index in [0.717, 1.165) is 11.1 Å². The van der Waals surface area contributed by atoms with Crippen molar-refractivity contribution in [3.8, 4) is 5.75 Å². The second-order valence-corrected chi connectivity index (χ2v) is 7.31. The maximum absolute atomic E-state index is 12.3. The first-order valence-electron chi connectivity index (χ1n) is 6.62. The van der Waals surface area contributed by atoms with E-state index in [9.17, 15) is 4.79 Å². The predicted molar refractivity (Wildman–Crippen MR) is 82.1 cm³/mol. The molecule has 0 fully saturated rings. The molecule has 0 radical (unpaired) electrons. The van der Waals surface area contributed by atoms with Gasteiger partial charge in [-0.2, -0.15) is 0 Å². The molecule has 1 rings (SSSR count). The van der Waals surface area contributed by atoms with Crippen LogP contribution in [-0.2, 0) is 10.8 Å². The van der Waals surface area contributed by atoms with Gasteiger partial charge in [-0.05, 0) is 34.1 Å². The van der Waals surface area contributed by atoms with Gasteiger partial charge < -0.3 is 4.89 Å². The maximum Gasteiger partial charge on any atom is 0.178 e. The van der Waals surface area contributed by atoms with Gasteiger partial charge in [-0.1, -0.05) is 41.5 Å². The molecule has 112 valence electrons. The molecule has 0 aromatic heterocycles. The number of benzene rings is 1. The highest BCUT2D eigenvalue weighted by molar-refractivity contribution is 6.31. The van der Waals surface area contributed by atoms with Crippen LogP contribution in [0.1, 0.15) is 63.0 Å². The number of carbonyl (C=O) groups excluding carboxylic acids is 1. The van der Waals surface area contributed by atoms with Crippen molar-refractivity contribution >= 4 is 17.4 Å². The molecule has 1 N–H and O–H groups in total. The highest BCUT2D eigenvalue weighted by Crippen LogP contribution is 2.37. The number of hydrogen-bond donors (Lipinski definition) is 1. The van der Waals surface area contributed by atoms with Crippen LogP contribution < -0.4 is 4.89 Å². The number of alkyl halides is 1. The van der Waals surface area contributed by atoms with Gasteiger partial charge in [0.1, 0.15) is 0 Å². The van der Waals surface area contributed by atoms with E-state index >= 15 is 0 Å². The first-order valence-corrected chi connectivity index (χ1v) is 7.15. The molecule has 0 aliphatic rings. The highest BCUT2D eigenvalue weighted by Gasteiger charge is 2.30. The minimum absolute atomic E-state index is 0.0640. The Kier molecular flexibility index (Phi) is 4.88. The van der Waals surface area contributed by atoms with Gasteiger partial charge in [-0.25, -0.2) is 5.26 Å². The molecule has 0 heterocycles. The van der Waals surface area contributed by atoms with Gasteiger partial charge in [0.2, 0.25) is 0 Å². The fourth-order valence-corrected chi connectivity index (χ4v) is 2.35. The molecular weight excluding hydrogens is 276 g/mol. The Balaban J connectivity index is 3.77. The topological polar surface area (TPSA) is 46.5 Å². The van der Waals surface area contributed by atoms with E-state index in [4.69, 9.17) is 16.9 Å². The monoisotopic (exact) mass is 298 g/mol. The van der Waals surface area contributed by atoms with E-state index < -0.39 is 0 Å². The second kappa shape index (κ2) is 5.74. The summed E-state index contributed by atoms with van der Waals surface area (Å²) < 4.78 is 0. The van der Waals surface area contributed by atoms with Crippen molar-refractivity contribution in [3.63, 3.8) is 0 Å². The van der Waals surface area contributed by atoms with Crippen molar-refractivity contribution in [2.45, 2.75) is 52.4 Å². The first-order chi connectivity index (χ1) is 9.02. The molecule has 0 spiro atoms. The predicted octanol–water partition coefficient (Wildman–Crippen LogP) is 4.55. The van der Waals surface area contributed by atoms with E-state index in [1.165, 1.54) is 0 Å². The molecule has 0 saturated carbocycles. The van der Waals surface area contributed by atoms with Crippen LogP contribution in [-0.4, -0.2) is 16.9 Å². The number of carbonyl (C=O) groups is 1. The average molecular weight is 299 g/mol. The van der Waals surface area contributed by atoms with E-state index in [1.54, 1.807) is 12.1 Å². The van der Waals surface area contributed by atoms with Crippen LogP contribution in [0.2, 0.25) is 0 Å². The Morgan fingerprint density at radius 3 is 1.75 bits per heavy atom. The number of rotatable bonds is 3. The van der Waals surface area contributed by atoms with Gasteiger partial charge in [0.05, 0.1) is 5.88 Å². The molecule has 0 bridgehead atoms. The van der Waals surface area contributed by atoms with E-state index in [-0.39, 0.29) is 22.5 Å². The summed E-state index contributed by atoms with van der Waals surface area (Å²) in [6.45, 7) is 12.1. The van der Waals surface area contributed by atoms with Crippen molar-refractivity contribution in [1.82, 2.24) is 0 Å². The van der Waals surface area contributed by atoms with E-state index in [0.29, 0.717) is 11.3 Å². The van der Waals surface area contributed by atoms with Crippen molar-refractivity contribution in [1.29, 1.82) is 0 Å². The molecular formula is C16H23ClO3. The SMILES string of the molecule is CC(C)(C)c1cc(OO)cc(C(C)(C)C)c1C(=O)CCl. The third-order valence-electron chi connectivity index (χ3n) is 3.23.